The molecule has 0 aliphatic rings. The Labute approximate surface area is 221 Å². The average molecular weight is 542 g/mol. The normalized spacial score (nSPS) is 11.5. The number of hydrogen-bond donors (Lipinski definition) is 2. The minimum absolute atomic E-state index is 0.0561. The molecule has 1 amide bonds. The number of carboxylic acid groups (broad SMARTS) is 1. The first-order valence-corrected chi connectivity index (χ1v) is 12.2. The van der Waals surface area contributed by atoms with Crippen LogP contribution in [0.4, 0.5) is 13.2 Å². The molecule has 2 N–H and O–H groups in total. The number of aryl methyl sites for hydroxylation is 1. The van der Waals surface area contributed by atoms with E-state index in [1.165, 1.54) is 12.1 Å². The predicted octanol–water partition coefficient (Wildman–Crippen LogP) is 6.70. The van der Waals surface area contributed by atoms with Crippen LogP contribution in [0.1, 0.15) is 46.4 Å². The molecule has 6 nitrogen and oxygen atoms in total. The average Bonchev–Trinajstić information content (AvgIpc) is 2.89. The maximum atomic E-state index is 12.8. The Kier molecular flexibility index (Phi) is 8.26. The second-order valence-electron chi connectivity index (χ2n) is 8.71. The minimum Gasteiger partial charge on any atom is -0.481 e. The number of benzene rings is 3. The fourth-order valence-electron chi connectivity index (χ4n) is 3.91. The van der Waals surface area contributed by atoms with Gasteiger partial charge in [-0.1, -0.05) is 35.9 Å². The zero-order valence-electron chi connectivity index (χ0n) is 20.1. The van der Waals surface area contributed by atoms with Crippen LogP contribution in [0.15, 0.2) is 66.7 Å². The van der Waals surface area contributed by atoms with E-state index in [1.807, 2.05) is 12.1 Å². The third-order valence-electron chi connectivity index (χ3n) is 5.90. The molecule has 0 fully saturated rings. The Bertz CT molecular complexity index is 1460. The summed E-state index contributed by atoms with van der Waals surface area (Å²) in [6, 6.07) is 16.7. The van der Waals surface area contributed by atoms with Crippen LogP contribution < -0.4 is 5.32 Å². The Morgan fingerprint density at radius 1 is 0.895 bits per heavy atom. The first-order chi connectivity index (χ1) is 18.1. The maximum absolute atomic E-state index is 12.8. The van der Waals surface area contributed by atoms with E-state index < -0.39 is 23.6 Å². The maximum Gasteiger partial charge on any atom is 0.416 e. The van der Waals surface area contributed by atoms with E-state index in [4.69, 9.17) is 26.7 Å². The number of nitrogens with one attached hydrogen (secondary N) is 1. The molecule has 0 unspecified atom stereocenters. The fourth-order valence-corrected chi connectivity index (χ4v) is 4.04. The summed E-state index contributed by atoms with van der Waals surface area (Å²) in [4.78, 5) is 33.2. The van der Waals surface area contributed by atoms with Crippen LogP contribution in [0.25, 0.3) is 22.3 Å². The number of nitrogens with zero attached hydrogens (tertiary/aromatic N) is 2. The number of carboxylic acids is 1. The van der Waals surface area contributed by atoms with Gasteiger partial charge in [-0.05, 0) is 67.3 Å². The van der Waals surface area contributed by atoms with Gasteiger partial charge in [-0.25, -0.2) is 9.97 Å². The molecule has 0 aliphatic heterocycles. The van der Waals surface area contributed by atoms with Crippen molar-refractivity contribution in [1.29, 1.82) is 0 Å². The predicted molar refractivity (Wildman–Crippen MR) is 138 cm³/mol. The molecule has 0 bridgehead atoms. The van der Waals surface area contributed by atoms with Crippen LogP contribution in [0.3, 0.4) is 0 Å². The van der Waals surface area contributed by atoms with Crippen molar-refractivity contribution >= 4 is 34.5 Å². The number of halogens is 4. The third-order valence-corrected chi connectivity index (χ3v) is 6.16. The summed E-state index contributed by atoms with van der Waals surface area (Å²) in [5.41, 5.74) is 3.32. The van der Waals surface area contributed by atoms with Gasteiger partial charge in [-0.2, -0.15) is 13.2 Å². The largest absolute Gasteiger partial charge is 0.481 e. The van der Waals surface area contributed by atoms with Gasteiger partial charge in [0.05, 0.1) is 28.0 Å². The first-order valence-electron chi connectivity index (χ1n) is 11.8. The molecule has 38 heavy (non-hydrogen) atoms. The highest BCUT2D eigenvalue weighted by Crippen LogP contribution is 2.29. The third kappa shape index (κ3) is 6.86. The van der Waals surface area contributed by atoms with Gasteiger partial charge in [0.25, 0.3) is 5.91 Å². The highest BCUT2D eigenvalue weighted by molar-refractivity contribution is 6.30. The Hall–Kier alpha value is -3.98. The van der Waals surface area contributed by atoms with Crippen LogP contribution in [0.5, 0.6) is 0 Å². The van der Waals surface area contributed by atoms with Crippen molar-refractivity contribution in [2.75, 3.05) is 0 Å². The number of amides is 1. The zero-order valence-corrected chi connectivity index (χ0v) is 20.8. The van der Waals surface area contributed by atoms with E-state index in [2.05, 4.69) is 5.32 Å². The standard InChI is InChI=1S/C28H23ClF3N3O3/c29-21-12-7-18(8-13-21)26-23(3-1-2-4-25(36)37)34-24-15-19(9-14-22(24)35-26)27(38)33-16-17-5-10-20(11-6-17)28(30,31)32/h5-15H,1-4,16H2,(H,33,38)(H,36,37). The molecule has 1 heterocycles. The molecule has 0 spiro atoms. The molecule has 3 aromatic carbocycles. The summed E-state index contributed by atoms with van der Waals surface area (Å²) < 4.78 is 38.3. The van der Waals surface area contributed by atoms with Crippen molar-refractivity contribution in [2.45, 2.75) is 38.4 Å². The van der Waals surface area contributed by atoms with Gasteiger partial charge in [-0.15, -0.1) is 0 Å². The lowest BCUT2D eigenvalue weighted by Gasteiger charge is -2.12. The van der Waals surface area contributed by atoms with Crippen molar-refractivity contribution in [1.82, 2.24) is 15.3 Å². The number of carbonyl (C=O) groups excluding carboxylic acids is 1. The number of hydrogen-bond acceptors (Lipinski definition) is 4. The summed E-state index contributed by atoms with van der Waals surface area (Å²) in [6.07, 6.45) is -2.78. The molecule has 0 atom stereocenters. The number of fused-ring (bicyclic) bond motifs is 1. The smallest absolute Gasteiger partial charge is 0.416 e. The molecular weight excluding hydrogens is 519 g/mol. The summed E-state index contributed by atoms with van der Waals surface area (Å²) in [5, 5.41) is 12.2. The van der Waals surface area contributed by atoms with E-state index in [9.17, 15) is 22.8 Å². The summed E-state index contributed by atoms with van der Waals surface area (Å²) in [5.74, 6) is -1.27. The van der Waals surface area contributed by atoms with Gasteiger partial charge in [0.1, 0.15) is 0 Å². The minimum atomic E-state index is -4.42. The van der Waals surface area contributed by atoms with Crippen molar-refractivity contribution in [3.05, 3.63) is 94.1 Å². The lowest BCUT2D eigenvalue weighted by atomic mass is 10.0. The molecule has 4 rings (SSSR count). The second-order valence-corrected chi connectivity index (χ2v) is 9.14. The Balaban J connectivity index is 1.55. The van der Waals surface area contributed by atoms with Gasteiger partial charge in [-0.3, -0.25) is 9.59 Å². The number of unbranched alkanes of at least 4 members (excludes halogenated alkanes) is 1. The van der Waals surface area contributed by atoms with E-state index in [1.54, 1.807) is 30.3 Å². The Morgan fingerprint density at radius 2 is 1.61 bits per heavy atom. The van der Waals surface area contributed by atoms with E-state index in [0.717, 1.165) is 17.7 Å². The lowest BCUT2D eigenvalue weighted by molar-refractivity contribution is -0.138. The zero-order chi connectivity index (χ0) is 27.3. The molecular formula is C28H23ClF3N3O3. The van der Waals surface area contributed by atoms with Crippen LogP contribution in [-0.4, -0.2) is 27.0 Å². The lowest BCUT2D eigenvalue weighted by Crippen LogP contribution is -2.22. The van der Waals surface area contributed by atoms with E-state index in [-0.39, 0.29) is 13.0 Å². The van der Waals surface area contributed by atoms with Gasteiger partial charge in [0.2, 0.25) is 0 Å². The number of rotatable bonds is 9. The summed E-state index contributed by atoms with van der Waals surface area (Å²) >= 11 is 6.03. The fraction of sp³-hybridized carbons (Fsp3) is 0.214. The van der Waals surface area contributed by atoms with Gasteiger partial charge in [0, 0.05) is 29.1 Å². The highest BCUT2D eigenvalue weighted by atomic mass is 35.5. The van der Waals surface area contributed by atoms with Crippen LogP contribution in [-0.2, 0) is 23.9 Å². The monoisotopic (exact) mass is 541 g/mol. The topological polar surface area (TPSA) is 92.2 Å². The summed E-state index contributed by atoms with van der Waals surface area (Å²) in [6.45, 7) is 0.0605. The molecule has 4 aromatic rings. The Morgan fingerprint density at radius 3 is 2.26 bits per heavy atom. The molecule has 1 aromatic heterocycles. The number of carbonyl (C=O) groups is 2. The molecule has 196 valence electrons. The van der Waals surface area contributed by atoms with Gasteiger partial charge >= 0.3 is 12.1 Å². The van der Waals surface area contributed by atoms with E-state index in [0.29, 0.717) is 57.8 Å². The number of aliphatic carboxylic acids is 1. The quantitative estimate of drug-likeness (QED) is 0.230. The first kappa shape index (κ1) is 27.1. The molecule has 10 heteroatoms. The molecule has 0 aliphatic carbocycles. The van der Waals surface area contributed by atoms with Crippen LogP contribution in [0.2, 0.25) is 5.02 Å². The van der Waals surface area contributed by atoms with Gasteiger partial charge in [0.15, 0.2) is 0 Å². The van der Waals surface area contributed by atoms with Crippen molar-refractivity contribution in [3.63, 3.8) is 0 Å². The molecule has 0 saturated carbocycles. The van der Waals surface area contributed by atoms with Crippen molar-refractivity contribution < 1.29 is 27.9 Å². The molecule has 0 saturated heterocycles. The van der Waals surface area contributed by atoms with Crippen molar-refractivity contribution in [2.24, 2.45) is 0 Å². The number of alkyl halides is 3. The second kappa shape index (κ2) is 11.6. The molecule has 0 radical (unpaired) electrons. The van der Waals surface area contributed by atoms with Crippen LogP contribution >= 0.6 is 11.6 Å². The van der Waals surface area contributed by atoms with Gasteiger partial charge < -0.3 is 10.4 Å². The van der Waals surface area contributed by atoms with E-state index >= 15 is 0 Å². The highest BCUT2D eigenvalue weighted by Gasteiger charge is 2.29. The van der Waals surface area contributed by atoms with Crippen LogP contribution in [0, 0.1) is 0 Å². The SMILES string of the molecule is O=C(O)CCCCc1nc2cc(C(=O)NCc3ccc(C(F)(F)F)cc3)ccc2nc1-c1ccc(Cl)cc1. The van der Waals surface area contributed by atoms with Crippen molar-refractivity contribution in [3.8, 4) is 11.3 Å². The number of aromatic nitrogens is 2. The summed E-state index contributed by atoms with van der Waals surface area (Å²) in [7, 11) is 0.